The van der Waals surface area contributed by atoms with Gasteiger partial charge in [-0.15, -0.1) is 0 Å². The summed E-state index contributed by atoms with van der Waals surface area (Å²) < 4.78 is 5.31. The van der Waals surface area contributed by atoms with Gasteiger partial charge in [-0.3, -0.25) is 4.79 Å². The Labute approximate surface area is 109 Å². The van der Waals surface area contributed by atoms with E-state index in [0.717, 1.165) is 19.5 Å². The molecule has 1 saturated heterocycles. The molecule has 0 aromatic heterocycles. The Kier molecular flexibility index (Phi) is 3.71. The summed E-state index contributed by atoms with van der Waals surface area (Å²) in [5.74, 6) is 1.21. The summed E-state index contributed by atoms with van der Waals surface area (Å²) in [6, 6.07) is 7.50. The van der Waals surface area contributed by atoms with Gasteiger partial charge in [0.1, 0.15) is 5.75 Å². The van der Waals surface area contributed by atoms with Crippen molar-refractivity contribution in [1.82, 2.24) is 5.32 Å². The first-order valence-electron chi connectivity index (χ1n) is 6.50. The molecule has 1 N–H and O–H groups in total. The number of carbonyl (C=O) groups excluding carboxylic acids is 1. The van der Waals surface area contributed by atoms with Crippen LogP contribution in [0.2, 0.25) is 0 Å². The number of rotatable bonds is 4. The van der Waals surface area contributed by atoms with E-state index in [1.807, 2.05) is 24.3 Å². The number of methoxy groups -OCH3 is 1. The number of hydrogen-bond donors (Lipinski definition) is 1. The Morgan fingerprint density at radius 2 is 2.11 bits per heavy atom. The fourth-order valence-corrected chi connectivity index (χ4v) is 2.76. The molecule has 1 atom stereocenters. The SMILES string of the molecule is COc1ccccc1C(=O)C1(C(C)C)CCNC1. The molecule has 1 aliphatic rings. The summed E-state index contributed by atoms with van der Waals surface area (Å²) in [7, 11) is 1.61. The topological polar surface area (TPSA) is 38.3 Å². The van der Waals surface area contributed by atoms with Crippen molar-refractivity contribution in [1.29, 1.82) is 0 Å². The Bertz CT molecular complexity index is 434. The second-order valence-electron chi connectivity index (χ2n) is 5.27. The Balaban J connectivity index is 2.40. The van der Waals surface area contributed by atoms with Crippen LogP contribution in [0.1, 0.15) is 30.6 Å². The van der Waals surface area contributed by atoms with Gasteiger partial charge < -0.3 is 10.1 Å². The molecule has 0 aliphatic carbocycles. The zero-order valence-electron chi connectivity index (χ0n) is 11.3. The number of Topliss-reactive ketones (excluding diaryl/α,β-unsaturated/α-hetero) is 1. The van der Waals surface area contributed by atoms with Crippen LogP contribution >= 0.6 is 0 Å². The summed E-state index contributed by atoms with van der Waals surface area (Å²) in [6.45, 7) is 5.93. The van der Waals surface area contributed by atoms with E-state index in [1.165, 1.54) is 0 Å². The molecule has 0 radical (unpaired) electrons. The largest absolute Gasteiger partial charge is 0.496 e. The maximum atomic E-state index is 12.9. The van der Waals surface area contributed by atoms with Crippen LogP contribution in [0.15, 0.2) is 24.3 Å². The monoisotopic (exact) mass is 247 g/mol. The number of nitrogens with one attached hydrogen (secondary N) is 1. The van der Waals surface area contributed by atoms with Crippen LogP contribution in [0.5, 0.6) is 5.75 Å². The van der Waals surface area contributed by atoms with Crippen molar-refractivity contribution in [2.75, 3.05) is 20.2 Å². The molecule has 2 rings (SSSR count). The second kappa shape index (κ2) is 5.11. The van der Waals surface area contributed by atoms with E-state index in [-0.39, 0.29) is 11.2 Å². The number of benzene rings is 1. The van der Waals surface area contributed by atoms with Crippen molar-refractivity contribution in [2.24, 2.45) is 11.3 Å². The lowest BCUT2D eigenvalue weighted by Crippen LogP contribution is -2.38. The summed E-state index contributed by atoms with van der Waals surface area (Å²) in [4.78, 5) is 12.9. The van der Waals surface area contributed by atoms with Gasteiger partial charge in [-0.25, -0.2) is 0 Å². The maximum absolute atomic E-state index is 12.9. The minimum atomic E-state index is -0.283. The highest BCUT2D eigenvalue weighted by Gasteiger charge is 2.44. The zero-order chi connectivity index (χ0) is 13.2. The zero-order valence-corrected chi connectivity index (χ0v) is 11.3. The van der Waals surface area contributed by atoms with Gasteiger partial charge in [-0.2, -0.15) is 0 Å². The molecule has 18 heavy (non-hydrogen) atoms. The molecule has 3 nitrogen and oxygen atoms in total. The van der Waals surface area contributed by atoms with Gasteiger partial charge in [-0.1, -0.05) is 26.0 Å². The molecule has 1 aromatic rings. The van der Waals surface area contributed by atoms with Crippen LogP contribution in [0.4, 0.5) is 0 Å². The van der Waals surface area contributed by atoms with Gasteiger partial charge >= 0.3 is 0 Å². The molecule has 1 aliphatic heterocycles. The third-order valence-electron chi connectivity index (χ3n) is 4.10. The van der Waals surface area contributed by atoms with Crippen molar-refractivity contribution >= 4 is 5.78 Å². The third kappa shape index (κ3) is 2.03. The summed E-state index contributed by atoms with van der Waals surface area (Å²) in [6.07, 6.45) is 0.904. The first-order chi connectivity index (χ1) is 8.62. The fourth-order valence-electron chi connectivity index (χ4n) is 2.76. The van der Waals surface area contributed by atoms with Crippen molar-refractivity contribution < 1.29 is 9.53 Å². The minimum Gasteiger partial charge on any atom is -0.496 e. The highest BCUT2D eigenvalue weighted by atomic mass is 16.5. The van der Waals surface area contributed by atoms with Crippen LogP contribution in [-0.4, -0.2) is 26.0 Å². The van der Waals surface area contributed by atoms with E-state index in [2.05, 4.69) is 19.2 Å². The molecule has 0 saturated carbocycles. The molecule has 1 aromatic carbocycles. The van der Waals surface area contributed by atoms with Gasteiger partial charge in [0.05, 0.1) is 12.7 Å². The van der Waals surface area contributed by atoms with Crippen molar-refractivity contribution in [3.63, 3.8) is 0 Å². The van der Waals surface area contributed by atoms with Crippen molar-refractivity contribution in [3.8, 4) is 5.75 Å². The highest BCUT2D eigenvalue weighted by molar-refractivity contribution is 6.03. The smallest absolute Gasteiger partial charge is 0.174 e. The van der Waals surface area contributed by atoms with E-state index in [0.29, 0.717) is 17.2 Å². The number of ether oxygens (including phenoxy) is 1. The lowest BCUT2D eigenvalue weighted by Gasteiger charge is -2.31. The molecular formula is C15H21NO2. The predicted molar refractivity (Wildman–Crippen MR) is 72.1 cm³/mol. The number of hydrogen-bond acceptors (Lipinski definition) is 3. The van der Waals surface area contributed by atoms with Crippen LogP contribution in [0.3, 0.4) is 0 Å². The van der Waals surface area contributed by atoms with Crippen LogP contribution in [-0.2, 0) is 0 Å². The number of para-hydroxylation sites is 1. The number of carbonyl (C=O) groups is 1. The van der Waals surface area contributed by atoms with Gasteiger partial charge in [-0.05, 0) is 31.0 Å². The summed E-state index contributed by atoms with van der Waals surface area (Å²) >= 11 is 0. The van der Waals surface area contributed by atoms with E-state index in [9.17, 15) is 4.79 Å². The van der Waals surface area contributed by atoms with E-state index >= 15 is 0 Å². The molecule has 0 bridgehead atoms. The molecule has 1 heterocycles. The Morgan fingerprint density at radius 3 is 2.67 bits per heavy atom. The average Bonchev–Trinajstić information content (AvgIpc) is 2.88. The van der Waals surface area contributed by atoms with Crippen LogP contribution in [0.25, 0.3) is 0 Å². The second-order valence-corrected chi connectivity index (χ2v) is 5.27. The fraction of sp³-hybridized carbons (Fsp3) is 0.533. The van der Waals surface area contributed by atoms with Gasteiger partial charge in [0.15, 0.2) is 5.78 Å². The lowest BCUT2D eigenvalue weighted by molar-refractivity contribution is 0.0736. The molecule has 1 unspecified atom stereocenters. The molecule has 0 spiro atoms. The maximum Gasteiger partial charge on any atom is 0.174 e. The molecule has 98 valence electrons. The normalized spacial score (nSPS) is 23.3. The average molecular weight is 247 g/mol. The van der Waals surface area contributed by atoms with Crippen LogP contribution < -0.4 is 10.1 Å². The summed E-state index contributed by atoms with van der Waals surface area (Å²) in [5, 5.41) is 3.32. The Morgan fingerprint density at radius 1 is 1.39 bits per heavy atom. The van der Waals surface area contributed by atoms with E-state index in [1.54, 1.807) is 7.11 Å². The third-order valence-corrected chi connectivity index (χ3v) is 4.10. The predicted octanol–water partition coefficient (Wildman–Crippen LogP) is 2.51. The Hall–Kier alpha value is -1.35. The van der Waals surface area contributed by atoms with Crippen molar-refractivity contribution in [3.05, 3.63) is 29.8 Å². The summed E-state index contributed by atoms with van der Waals surface area (Å²) in [5.41, 5.74) is 0.423. The van der Waals surface area contributed by atoms with Gasteiger partial charge in [0, 0.05) is 12.0 Å². The van der Waals surface area contributed by atoms with Gasteiger partial charge in [0.25, 0.3) is 0 Å². The molecule has 1 fully saturated rings. The highest BCUT2D eigenvalue weighted by Crippen LogP contribution is 2.39. The standard InChI is InChI=1S/C15H21NO2/c1-11(2)15(8-9-16-10-15)14(17)12-6-4-5-7-13(12)18-3/h4-7,11,16H,8-10H2,1-3H3. The first-order valence-corrected chi connectivity index (χ1v) is 6.50. The van der Waals surface area contributed by atoms with E-state index < -0.39 is 0 Å². The van der Waals surface area contributed by atoms with Crippen LogP contribution in [0, 0.1) is 11.3 Å². The lowest BCUT2D eigenvalue weighted by atomic mass is 9.71. The molecular weight excluding hydrogens is 226 g/mol. The number of ketones is 1. The minimum absolute atomic E-state index is 0.208. The van der Waals surface area contributed by atoms with Gasteiger partial charge in [0.2, 0.25) is 0 Å². The first kappa shape index (κ1) is 13.1. The van der Waals surface area contributed by atoms with Crippen molar-refractivity contribution in [2.45, 2.75) is 20.3 Å². The quantitative estimate of drug-likeness (QED) is 0.831. The van der Waals surface area contributed by atoms with E-state index in [4.69, 9.17) is 4.74 Å². The molecule has 3 heteroatoms. The molecule has 0 amide bonds.